The molecule has 19 heavy (non-hydrogen) atoms. The maximum Gasteiger partial charge on any atom is 0.320 e. The van der Waals surface area contributed by atoms with E-state index in [-0.39, 0.29) is 6.04 Å². The average Bonchev–Trinajstić information content (AvgIpc) is 2.56. The van der Waals surface area contributed by atoms with Crippen molar-refractivity contribution in [2.24, 2.45) is 5.92 Å². The van der Waals surface area contributed by atoms with Crippen LogP contribution in [-0.4, -0.2) is 35.7 Å². The van der Waals surface area contributed by atoms with Crippen molar-refractivity contribution >= 4 is 5.97 Å². The molecule has 4 nitrogen and oxygen atoms in total. The fraction of sp³-hybridized carbons (Fsp3) is 0.933. The Balaban J connectivity index is 2.38. The predicted octanol–water partition coefficient (Wildman–Crippen LogP) is 2.39. The van der Waals surface area contributed by atoms with Gasteiger partial charge in [0, 0.05) is 12.1 Å². The number of nitrogens with one attached hydrogen (secondary N) is 2. The molecule has 3 unspecified atom stereocenters. The van der Waals surface area contributed by atoms with E-state index in [2.05, 4.69) is 31.4 Å². The highest BCUT2D eigenvalue weighted by Gasteiger charge is 2.22. The number of rotatable bonds is 7. The zero-order chi connectivity index (χ0) is 14.3. The minimum Gasteiger partial charge on any atom is -0.480 e. The molecule has 1 heterocycles. The molecule has 0 radical (unpaired) electrons. The van der Waals surface area contributed by atoms with Crippen LogP contribution in [0.3, 0.4) is 0 Å². The molecule has 0 bridgehead atoms. The van der Waals surface area contributed by atoms with E-state index in [0.717, 1.165) is 13.0 Å². The summed E-state index contributed by atoms with van der Waals surface area (Å²) in [4.78, 5) is 11.2. The van der Waals surface area contributed by atoms with Gasteiger partial charge in [0.15, 0.2) is 0 Å². The second-order valence-electron chi connectivity index (χ2n) is 6.32. The zero-order valence-electron chi connectivity index (χ0n) is 12.6. The zero-order valence-corrected chi connectivity index (χ0v) is 12.6. The summed E-state index contributed by atoms with van der Waals surface area (Å²) in [5, 5.41) is 16.1. The minimum absolute atomic E-state index is 0.246. The summed E-state index contributed by atoms with van der Waals surface area (Å²) in [6, 6.07) is 0.370. The average molecular weight is 270 g/mol. The molecule has 112 valence electrons. The Labute approximate surface area is 117 Å². The maximum absolute atomic E-state index is 11.2. The van der Waals surface area contributed by atoms with Crippen molar-refractivity contribution in [2.75, 3.05) is 6.54 Å². The predicted molar refractivity (Wildman–Crippen MR) is 78.4 cm³/mol. The summed E-state index contributed by atoms with van der Waals surface area (Å²) in [5.41, 5.74) is 0. The Morgan fingerprint density at radius 1 is 1.32 bits per heavy atom. The van der Waals surface area contributed by atoms with Crippen molar-refractivity contribution < 1.29 is 9.90 Å². The van der Waals surface area contributed by atoms with Crippen molar-refractivity contribution in [2.45, 2.75) is 77.4 Å². The number of carbonyl (C=O) groups is 1. The van der Waals surface area contributed by atoms with Crippen LogP contribution in [0.1, 0.15) is 59.3 Å². The second-order valence-corrected chi connectivity index (χ2v) is 6.32. The van der Waals surface area contributed by atoms with E-state index in [4.69, 9.17) is 0 Å². The quantitative estimate of drug-likeness (QED) is 0.665. The van der Waals surface area contributed by atoms with Gasteiger partial charge in [-0.2, -0.15) is 0 Å². The van der Waals surface area contributed by atoms with E-state index in [1.807, 2.05) is 0 Å². The molecule has 4 heteroatoms. The van der Waals surface area contributed by atoms with Crippen molar-refractivity contribution in [3.05, 3.63) is 0 Å². The van der Waals surface area contributed by atoms with Crippen LogP contribution in [0.25, 0.3) is 0 Å². The molecule has 0 aromatic heterocycles. The summed E-state index contributed by atoms with van der Waals surface area (Å²) in [7, 11) is 0. The van der Waals surface area contributed by atoms with E-state index < -0.39 is 12.0 Å². The molecule has 1 aliphatic rings. The Kier molecular flexibility index (Phi) is 7.39. The number of carboxylic acids is 1. The van der Waals surface area contributed by atoms with E-state index >= 15 is 0 Å². The molecular weight excluding hydrogens is 240 g/mol. The molecule has 1 aliphatic heterocycles. The Morgan fingerprint density at radius 2 is 2.05 bits per heavy atom. The van der Waals surface area contributed by atoms with Gasteiger partial charge in [-0.05, 0) is 45.1 Å². The van der Waals surface area contributed by atoms with Gasteiger partial charge in [-0.25, -0.2) is 0 Å². The first-order valence-electron chi connectivity index (χ1n) is 7.71. The molecule has 1 rings (SSSR count). The van der Waals surface area contributed by atoms with Crippen LogP contribution in [0.15, 0.2) is 0 Å². The standard InChI is InChI=1S/C15H30N2O2/c1-11(2)9-14(15(18)19)17-12(3)10-13-7-5-4-6-8-16-13/h11-14,16-17H,4-10H2,1-3H3,(H,18,19). The second kappa shape index (κ2) is 8.54. The molecular formula is C15H30N2O2. The van der Waals surface area contributed by atoms with Crippen molar-refractivity contribution in [1.82, 2.24) is 10.6 Å². The fourth-order valence-electron chi connectivity index (χ4n) is 2.85. The lowest BCUT2D eigenvalue weighted by Crippen LogP contribution is -2.45. The number of carboxylic acid groups (broad SMARTS) is 1. The van der Waals surface area contributed by atoms with Gasteiger partial charge in [0.1, 0.15) is 6.04 Å². The van der Waals surface area contributed by atoms with Gasteiger partial charge in [-0.1, -0.05) is 26.7 Å². The molecule has 0 aromatic rings. The normalized spacial score (nSPS) is 23.9. The summed E-state index contributed by atoms with van der Waals surface area (Å²) in [6.07, 6.45) is 6.80. The van der Waals surface area contributed by atoms with E-state index in [9.17, 15) is 9.90 Å². The van der Waals surface area contributed by atoms with Gasteiger partial charge in [0.05, 0.1) is 0 Å². The topological polar surface area (TPSA) is 61.4 Å². The van der Waals surface area contributed by atoms with Crippen LogP contribution in [0.4, 0.5) is 0 Å². The van der Waals surface area contributed by atoms with Gasteiger partial charge in [-0.15, -0.1) is 0 Å². The molecule has 3 N–H and O–H groups in total. The maximum atomic E-state index is 11.2. The third-order valence-corrected chi connectivity index (χ3v) is 3.79. The lowest BCUT2D eigenvalue weighted by atomic mass is 10.00. The first-order valence-corrected chi connectivity index (χ1v) is 7.71. The van der Waals surface area contributed by atoms with Crippen LogP contribution in [0, 0.1) is 5.92 Å². The third-order valence-electron chi connectivity index (χ3n) is 3.79. The molecule has 1 saturated heterocycles. The molecule has 3 atom stereocenters. The molecule has 1 fully saturated rings. The number of hydrogen-bond donors (Lipinski definition) is 3. The Morgan fingerprint density at radius 3 is 2.68 bits per heavy atom. The van der Waals surface area contributed by atoms with Gasteiger partial charge >= 0.3 is 5.97 Å². The van der Waals surface area contributed by atoms with E-state index in [0.29, 0.717) is 18.4 Å². The molecule has 0 amide bonds. The van der Waals surface area contributed by atoms with Crippen LogP contribution in [0.2, 0.25) is 0 Å². The van der Waals surface area contributed by atoms with Crippen molar-refractivity contribution in [3.63, 3.8) is 0 Å². The van der Waals surface area contributed by atoms with Crippen molar-refractivity contribution in [1.29, 1.82) is 0 Å². The van der Waals surface area contributed by atoms with Crippen LogP contribution in [-0.2, 0) is 4.79 Å². The van der Waals surface area contributed by atoms with Crippen LogP contribution >= 0.6 is 0 Å². The molecule has 0 aromatic carbocycles. The van der Waals surface area contributed by atoms with E-state index in [1.54, 1.807) is 0 Å². The SMILES string of the molecule is CC(C)CC(NC(C)CC1CCCCCN1)C(=O)O. The summed E-state index contributed by atoms with van der Waals surface area (Å²) < 4.78 is 0. The highest BCUT2D eigenvalue weighted by atomic mass is 16.4. The van der Waals surface area contributed by atoms with E-state index in [1.165, 1.54) is 25.7 Å². The highest BCUT2D eigenvalue weighted by Crippen LogP contribution is 2.14. The van der Waals surface area contributed by atoms with Gasteiger partial charge in [0.25, 0.3) is 0 Å². The fourth-order valence-corrected chi connectivity index (χ4v) is 2.85. The summed E-state index contributed by atoms with van der Waals surface area (Å²) >= 11 is 0. The van der Waals surface area contributed by atoms with Gasteiger partial charge < -0.3 is 15.7 Å². The molecule has 0 aliphatic carbocycles. The Hall–Kier alpha value is -0.610. The smallest absolute Gasteiger partial charge is 0.320 e. The Bertz CT molecular complexity index is 261. The summed E-state index contributed by atoms with van der Waals surface area (Å²) in [6.45, 7) is 7.33. The van der Waals surface area contributed by atoms with Gasteiger partial charge in [-0.3, -0.25) is 4.79 Å². The first-order chi connectivity index (χ1) is 8.99. The monoisotopic (exact) mass is 270 g/mol. The molecule has 0 saturated carbocycles. The van der Waals surface area contributed by atoms with Crippen LogP contribution in [0.5, 0.6) is 0 Å². The number of hydrogen-bond acceptors (Lipinski definition) is 3. The summed E-state index contributed by atoms with van der Waals surface area (Å²) in [5.74, 6) is -0.328. The lowest BCUT2D eigenvalue weighted by molar-refractivity contribution is -0.140. The highest BCUT2D eigenvalue weighted by molar-refractivity contribution is 5.73. The molecule has 0 spiro atoms. The first kappa shape index (κ1) is 16.4. The largest absolute Gasteiger partial charge is 0.480 e. The van der Waals surface area contributed by atoms with Crippen LogP contribution < -0.4 is 10.6 Å². The number of aliphatic carboxylic acids is 1. The van der Waals surface area contributed by atoms with Crippen molar-refractivity contribution in [3.8, 4) is 0 Å². The van der Waals surface area contributed by atoms with Gasteiger partial charge in [0.2, 0.25) is 0 Å². The minimum atomic E-state index is -0.727. The third kappa shape index (κ3) is 6.92. The lowest BCUT2D eigenvalue weighted by Gasteiger charge is -2.25.